The first-order chi connectivity index (χ1) is 21.9. The Kier molecular flexibility index (Phi) is 11.1. The molecule has 0 aromatic heterocycles. The third-order valence-electron chi connectivity index (χ3n) is 13.5. The SMILES string of the molecule is CCCC[N+]1(C)C(C)(C)CC(C(C(=O)[O-])(C(=O)OCc2cc(C(C)(C)C)c(O)c(C(C)(C)C)c2)C2CC(C)(C)N(C)C(C)(C)C2)CC1(C)C. The molecule has 7 nitrogen and oxygen atoms in total. The molecular weight excluding hydrogens is 612 g/mol. The molecule has 0 aliphatic carbocycles. The number of carbonyl (C=O) groups is 2. The summed E-state index contributed by atoms with van der Waals surface area (Å²) in [5, 5.41) is 25.4. The molecule has 1 aromatic rings. The van der Waals surface area contributed by atoms with Crippen molar-refractivity contribution in [2.24, 2.45) is 17.3 Å². The highest BCUT2D eigenvalue weighted by molar-refractivity contribution is 5.99. The molecular formula is C42H72N2O5. The van der Waals surface area contributed by atoms with Crippen LogP contribution in [0.1, 0.15) is 159 Å². The quantitative estimate of drug-likeness (QED) is 0.162. The van der Waals surface area contributed by atoms with Gasteiger partial charge in [0.2, 0.25) is 0 Å². The second-order valence-electron chi connectivity index (χ2n) is 20.6. The van der Waals surface area contributed by atoms with Crippen molar-refractivity contribution in [3.63, 3.8) is 0 Å². The monoisotopic (exact) mass is 685 g/mol. The fourth-order valence-electron chi connectivity index (χ4n) is 9.87. The molecule has 1 aromatic carbocycles. The van der Waals surface area contributed by atoms with Gasteiger partial charge in [0, 0.05) is 23.9 Å². The Hall–Kier alpha value is -2.12. The van der Waals surface area contributed by atoms with Gasteiger partial charge in [0.15, 0.2) is 0 Å². The van der Waals surface area contributed by atoms with E-state index in [2.05, 4.69) is 81.3 Å². The van der Waals surface area contributed by atoms with Crippen LogP contribution in [0.3, 0.4) is 0 Å². The number of aliphatic carboxylic acids is 1. The molecule has 0 spiro atoms. The number of rotatable bonds is 9. The molecule has 1 unspecified atom stereocenters. The minimum Gasteiger partial charge on any atom is -0.549 e. The van der Waals surface area contributed by atoms with E-state index in [0.29, 0.717) is 25.7 Å². The molecule has 2 aliphatic rings. The van der Waals surface area contributed by atoms with Gasteiger partial charge < -0.3 is 24.2 Å². The van der Waals surface area contributed by atoms with Crippen molar-refractivity contribution >= 4 is 11.9 Å². The number of aromatic hydroxyl groups is 1. The first-order valence-electron chi connectivity index (χ1n) is 18.8. The molecule has 0 amide bonds. The number of carboxylic acid groups (broad SMARTS) is 1. The van der Waals surface area contributed by atoms with Crippen LogP contribution in [-0.2, 0) is 31.8 Å². The first-order valence-corrected chi connectivity index (χ1v) is 18.8. The first kappa shape index (κ1) is 41.3. The predicted molar refractivity (Wildman–Crippen MR) is 198 cm³/mol. The van der Waals surface area contributed by atoms with E-state index >= 15 is 4.79 Å². The zero-order valence-electron chi connectivity index (χ0n) is 34.4. The van der Waals surface area contributed by atoms with Crippen LogP contribution in [0.2, 0.25) is 0 Å². The Morgan fingerprint density at radius 2 is 1.27 bits per heavy atom. The zero-order valence-corrected chi connectivity index (χ0v) is 34.4. The average molecular weight is 685 g/mol. The summed E-state index contributed by atoms with van der Waals surface area (Å²) in [5.74, 6) is -2.69. The molecule has 280 valence electrons. The van der Waals surface area contributed by atoms with Crippen LogP contribution in [0.4, 0.5) is 0 Å². The number of phenolic OH excluding ortho intramolecular Hbond substituents is 1. The molecule has 49 heavy (non-hydrogen) atoms. The lowest BCUT2D eigenvalue weighted by Crippen LogP contribution is -2.75. The fourth-order valence-corrected chi connectivity index (χ4v) is 9.87. The van der Waals surface area contributed by atoms with Crippen LogP contribution in [0.25, 0.3) is 0 Å². The Labute approximate surface area is 299 Å². The zero-order chi connectivity index (χ0) is 38.0. The summed E-state index contributed by atoms with van der Waals surface area (Å²) in [6, 6.07) is 3.81. The van der Waals surface area contributed by atoms with Gasteiger partial charge in [0.25, 0.3) is 0 Å². The summed E-state index contributed by atoms with van der Waals surface area (Å²) in [7, 11) is 4.42. The molecule has 0 bridgehead atoms. The number of hydrogen-bond donors (Lipinski definition) is 1. The van der Waals surface area contributed by atoms with Gasteiger partial charge >= 0.3 is 5.97 Å². The predicted octanol–water partition coefficient (Wildman–Crippen LogP) is 7.88. The minimum absolute atomic E-state index is 0.0799. The van der Waals surface area contributed by atoms with Crippen molar-refractivity contribution in [3.8, 4) is 5.75 Å². The topological polar surface area (TPSA) is 89.9 Å². The number of ether oxygens (including phenoxy) is 1. The van der Waals surface area contributed by atoms with Crippen LogP contribution in [0.5, 0.6) is 5.75 Å². The number of likely N-dealkylation sites (tertiary alicyclic amines) is 2. The Bertz CT molecular complexity index is 1320. The summed E-state index contributed by atoms with van der Waals surface area (Å²) in [6.07, 6.45) is 4.40. The van der Waals surface area contributed by atoms with Crippen molar-refractivity contribution in [2.45, 2.75) is 182 Å². The van der Waals surface area contributed by atoms with Gasteiger partial charge in [-0.25, -0.2) is 0 Å². The normalized spacial score (nSPS) is 26.9. The van der Waals surface area contributed by atoms with Crippen molar-refractivity contribution < 1.29 is 29.0 Å². The molecule has 3 rings (SSSR count). The number of esters is 1. The van der Waals surface area contributed by atoms with Gasteiger partial charge in [-0.05, 0) is 133 Å². The van der Waals surface area contributed by atoms with Gasteiger partial charge in [-0.1, -0.05) is 54.9 Å². The highest BCUT2D eigenvalue weighted by Gasteiger charge is 2.66. The summed E-state index contributed by atoms with van der Waals surface area (Å²) in [5.41, 5.74) is -1.54. The van der Waals surface area contributed by atoms with Crippen LogP contribution in [0, 0.1) is 17.3 Å². The van der Waals surface area contributed by atoms with Crippen LogP contribution < -0.4 is 5.11 Å². The van der Waals surface area contributed by atoms with Crippen LogP contribution in [-0.4, -0.2) is 69.2 Å². The van der Waals surface area contributed by atoms with E-state index < -0.39 is 29.2 Å². The van der Waals surface area contributed by atoms with Gasteiger partial charge in [-0.3, -0.25) is 9.69 Å². The van der Waals surface area contributed by atoms with E-state index in [0.717, 1.165) is 40.6 Å². The lowest BCUT2D eigenvalue weighted by Gasteiger charge is -2.65. The standard InChI is InChI=1S/C42H72N2O5/c1-18-19-20-44(17)40(12,13)25-30(26-41(44,14)15)42(34(46)47,29-23-38(8,9)43(16)39(10,11)24-29)35(48)49-27-28-21-31(36(2,3)4)33(45)32(22-28)37(5,6)7/h21-22,29-30H,18-20,23-27H2,1-17H3,(H-,45,46,47). The number of benzene rings is 1. The lowest BCUT2D eigenvalue weighted by atomic mass is 9.53. The smallest absolute Gasteiger partial charge is 0.318 e. The summed E-state index contributed by atoms with van der Waals surface area (Å²) in [6.45, 7) is 33.0. The number of phenols is 1. The average Bonchev–Trinajstić information content (AvgIpc) is 2.91. The number of hydrogen-bond acceptors (Lipinski definition) is 6. The van der Waals surface area contributed by atoms with Gasteiger partial charge in [-0.15, -0.1) is 0 Å². The number of unbranched alkanes of at least 4 members (excludes halogenated alkanes) is 1. The largest absolute Gasteiger partial charge is 0.549 e. The number of carbonyl (C=O) groups excluding carboxylic acids is 2. The maximum atomic E-state index is 15.1. The van der Waals surface area contributed by atoms with E-state index in [1.54, 1.807) is 0 Å². The number of nitrogens with zero attached hydrogens (tertiary/aromatic N) is 2. The molecule has 2 saturated heterocycles. The molecule has 7 heteroatoms. The van der Waals surface area contributed by atoms with E-state index in [-0.39, 0.29) is 45.3 Å². The molecule has 2 heterocycles. The van der Waals surface area contributed by atoms with Gasteiger partial charge in [0.05, 0.1) is 30.6 Å². The number of quaternary nitrogens is 1. The van der Waals surface area contributed by atoms with Gasteiger partial charge in [0.1, 0.15) is 17.8 Å². The highest BCUT2D eigenvalue weighted by Crippen LogP contribution is 2.58. The van der Waals surface area contributed by atoms with Crippen molar-refractivity contribution in [2.75, 3.05) is 20.6 Å². The third-order valence-corrected chi connectivity index (χ3v) is 13.5. The van der Waals surface area contributed by atoms with E-state index in [4.69, 9.17) is 4.74 Å². The lowest BCUT2D eigenvalue weighted by molar-refractivity contribution is -1.00. The molecule has 2 aliphatic heterocycles. The summed E-state index contributed by atoms with van der Waals surface area (Å²) >= 11 is 0. The third kappa shape index (κ3) is 7.32. The maximum absolute atomic E-state index is 15.1. The summed E-state index contributed by atoms with van der Waals surface area (Å²) in [4.78, 5) is 31.5. The number of carboxylic acids is 1. The van der Waals surface area contributed by atoms with Crippen molar-refractivity contribution in [1.82, 2.24) is 4.90 Å². The Balaban J connectivity index is 2.23. The minimum atomic E-state index is -1.84. The van der Waals surface area contributed by atoms with E-state index in [9.17, 15) is 15.0 Å². The number of piperidine rings is 2. The van der Waals surface area contributed by atoms with Crippen LogP contribution in [0.15, 0.2) is 12.1 Å². The Morgan fingerprint density at radius 3 is 1.63 bits per heavy atom. The second-order valence-corrected chi connectivity index (χ2v) is 20.6. The highest BCUT2D eigenvalue weighted by atomic mass is 16.5. The van der Waals surface area contributed by atoms with Crippen LogP contribution >= 0.6 is 0 Å². The second kappa shape index (κ2) is 13.1. The molecule has 0 saturated carbocycles. The van der Waals surface area contributed by atoms with E-state index in [1.165, 1.54) is 0 Å². The molecule has 2 fully saturated rings. The molecule has 1 N–H and O–H groups in total. The van der Waals surface area contributed by atoms with E-state index in [1.807, 2.05) is 53.7 Å². The van der Waals surface area contributed by atoms with Crippen molar-refractivity contribution in [3.05, 3.63) is 28.8 Å². The maximum Gasteiger partial charge on any atom is 0.318 e. The Morgan fingerprint density at radius 1 is 0.857 bits per heavy atom. The fraction of sp³-hybridized carbons (Fsp3) is 0.810. The molecule has 1 atom stereocenters. The summed E-state index contributed by atoms with van der Waals surface area (Å²) < 4.78 is 7.10. The van der Waals surface area contributed by atoms with Gasteiger partial charge in [-0.2, -0.15) is 0 Å². The van der Waals surface area contributed by atoms with Crippen molar-refractivity contribution in [1.29, 1.82) is 0 Å². The molecule has 0 radical (unpaired) electrons.